The first-order valence-corrected chi connectivity index (χ1v) is 6.03. The lowest BCUT2D eigenvalue weighted by Gasteiger charge is -2.09. The van der Waals surface area contributed by atoms with Crippen molar-refractivity contribution in [1.82, 2.24) is 24.7 Å². The van der Waals surface area contributed by atoms with Crippen molar-refractivity contribution in [3.05, 3.63) is 30.6 Å². The molecule has 1 atom stereocenters. The van der Waals surface area contributed by atoms with E-state index in [2.05, 4.69) is 20.2 Å². The second kappa shape index (κ2) is 4.43. The lowest BCUT2D eigenvalue weighted by atomic mass is 10.1. The summed E-state index contributed by atoms with van der Waals surface area (Å²) in [4.78, 5) is 8.41. The summed E-state index contributed by atoms with van der Waals surface area (Å²) in [5.74, 6) is 1.17. The summed E-state index contributed by atoms with van der Waals surface area (Å²) in [7, 11) is 0. The van der Waals surface area contributed by atoms with Crippen molar-refractivity contribution in [2.75, 3.05) is 0 Å². The van der Waals surface area contributed by atoms with Crippen LogP contribution in [0.5, 0.6) is 0 Å². The maximum atomic E-state index is 6.00. The van der Waals surface area contributed by atoms with E-state index in [0.717, 1.165) is 11.1 Å². The summed E-state index contributed by atoms with van der Waals surface area (Å²) in [6.07, 6.45) is 6.80. The number of hydrogen-bond donors (Lipinski definition) is 1. The molecule has 2 N–H and O–H groups in total. The molecule has 98 valence electrons. The van der Waals surface area contributed by atoms with Gasteiger partial charge in [-0.25, -0.2) is 4.52 Å². The Hall–Kier alpha value is -2.28. The first kappa shape index (κ1) is 11.8. The molecule has 3 heterocycles. The van der Waals surface area contributed by atoms with Gasteiger partial charge in [-0.2, -0.15) is 10.1 Å². The summed E-state index contributed by atoms with van der Waals surface area (Å²) in [6.45, 7) is 4.03. The molecule has 3 aromatic heterocycles. The van der Waals surface area contributed by atoms with E-state index in [1.807, 2.05) is 13.8 Å². The zero-order valence-corrected chi connectivity index (χ0v) is 10.7. The molecular weight excluding hydrogens is 244 g/mol. The molecule has 0 saturated heterocycles. The number of aromatic nitrogens is 5. The van der Waals surface area contributed by atoms with Gasteiger partial charge in [-0.1, -0.05) is 19.0 Å². The molecule has 3 aromatic rings. The SMILES string of the molecule is CC(C)C(N)c1noc(-c2cnn3ccncc23)n1. The van der Waals surface area contributed by atoms with Gasteiger partial charge in [-0.15, -0.1) is 0 Å². The lowest BCUT2D eigenvalue weighted by molar-refractivity contribution is 0.400. The third-order valence-corrected chi connectivity index (χ3v) is 3.01. The molecule has 0 radical (unpaired) electrons. The molecule has 0 spiro atoms. The van der Waals surface area contributed by atoms with Crippen LogP contribution in [0, 0.1) is 5.92 Å². The zero-order chi connectivity index (χ0) is 13.4. The van der Waals surface area contributed by atoms with Crippen molar-refractivity contribution < 1.29 is 4.52 Å². The van der Waals surface area contributed by atoms with Gasteiger partial charge in [0.2, 0.25) is 0 Å². The van der Waals surface area contributed by atoms with Gasteiger partial charge in [0.25, 0.3) is 5.89 Å². The highest BCUT2D eigenvalue weighted by Crippen LogP contribution is 2.24. The van der Waals surface area contributed by atoms with Crippen LogP contribution in [0.1, 0.15) is 25.7 Å². The van der Waals surface area contributed by atoms with Gasteiger partial charge >= 0.3 is 0 Å². The quantitative estimate of drug-likeness (QED) is 0.763. The minimum absolute atomic E-state index is 0.238. The average Bonchev–Trinajstić information content (AvgIpc) is 3.03. The van der Waals surface area contributed by atoms with Crippen molar-refractivity contribution in [2.24, 2.45) is 11.7 Å². The number of hydrogen-bond acceptors (Lipinski definition) is 6. The zero-order valence-electron chi connectivity index (χ0n) is 10.7. The largest absolute Gasteiger partial charge is 0.334 e. The Balaban J connectivity index is 2.03. The molecule has 0 aliphatic carbocycles. The molecule has 0 aromatic carbocycles. The molecule has 19 heavy (non-hydrogen) atoms. The molecule has 0 aliphatic rings. The van der Waals surface area contributed by atoms with E-state index in [9.17, 15) is 0 Å². The van der Waals surface area contributed by atoms with Gasteiger partial charge in [-0.3, -0.25) is 4.98 Å². The van der Waals surface area contributed by atoms with Crippen LogP contribution in [0.3, 0.4) is 0 Å². The van der Waals surface area contributed by atoms with Crippen molar-refractivity contribution in [2.45, 2.75) is 19.9 Å². The van der Waals surface area contributed by atoms with E-state index in [-0.39, 0.29) is 12.0 Å². The Morgan fingerprint density at radius 1 is 1.32 bits per heavy atom. The van der Waals surface area contributed by atoms with Crippen LogP contribution >= 0.6 is 0 Å². The predicted octanol–water partition coefficient (Wildman–Crippen LogP) is 1.44. The van der Waals surface area contributed by atoms with Crippen molar-refractivity contribution in [1.29, 1.82) is 0 Å². The van der Waals surface area contributed by atoms with Gasteiger partial charge < -0.3 is 10.3 Å². The normalized spacial score (nSPS) is 13.3. The van der Waals surface area contributed by atoms with Gasteiger partial charge in [0, 0.05) is 12.4 Å². The average molecular weight is 258 g/mol. The van der Waals surface area contributed by atoms with Crippen molar-refractivity contribution in [3.8, 4) is 11.5 Å². The van der Waals surface area contributed by atoms with E-state index in [1.165, 1.54) is 0 Å². The van der Waals surface area contributed by atoms with E-state index in [0.29, 0.717) is 11.7 Å². The fraction of sp³-hybridized carbons (Fsp3) is 0.333. The lowest BCUT2D eigenvalue weighted by Crippen LogP contribution is -2.18. The molecule has 3 rings (SSSR count). The van der Waals surface area contributed by atoms with E-state index >= 15 is 0 Å². The van der Waals surface area contributed by atoms with E-state index < -0.39 is 0 Å². The maximum absolute atomic E-state index is 6.00. The molecule has 7 nitrogen and oxygen atoms in total. The summed E-state index contributed by atoms with van der Waals surface area (Å²) in [6, 6.07) is -0.238. The highest BCUT2D eigenvalue weighted by molar-refractivity contribution is 5.73. The highest BCUT2D eigenvalue weighted by atomic mass is 16.5. The maximum Gasteiger partial charge on any atom is 0.261 e. The van der Waals surface area contributed by atoms with Crippen molar-refractivity contribution >= 4 is 5.52 Å². The molecule has 0 fully saturated rings. The Morgan fingerprint density at radius 3 is 2.95 bits per heavy atom. The number of nitrogens with two attached hydrogens (primary N) is 1. The monoisotopic (exact) mass is 258 g/mol. The third kappa shape index (κ3) is 1.97. The van der Waals surface area contributed by atoms with Crippen LogP contribution in [-0.2, 0) is 0 Å². The smallest absolute Gasteiger partial charge is 0.261 e. The number of rotatable bonds is 3. The Morgan fingerprint density at radius 2 is 2.16 bits per heavy atom. The van der Waals surface area contributed by atoms with E-state index in [4.69, 9.17) is 10.3 Å². The second-order valence-corrected chi connectivity index (χ2v) is 4.69. The standard InChI is InChI=1S/C12H14N6O/c1-7(2)10(13)11-16-12(19-17-11)8-5-15-18-4-3-14-6-9(8)18/h3-7,10H,13H2,1-2H3. The Bertz CT molecular complexity index is 701. The Labute approximate surface area is 109 Å². The molecule has 7 heteroatoms. The van der Waals surface area contributed by atoms with Crippen LogP contribution < -0.4 is 5.73 Å². The summed E-state index contributed by atoms with van der Waals surface area (Å²) in [5, 5.41) is 8.13. The molecule has 0 amide bonds. The third-order valence-electron chi connectivity index (χ3n) is 3.01. The summed E-state index contributed by atoms with van der Waals surface area (Å²) < 4.78 is 6.97. The topological polar surface area (TPSA) is 95.1 Å². The first-order chi connectivity index (χ1) is 9.16. The first-order valence-electron chi connectivity index (χ1n) is 6.03. The van der Waals surface area contributed by atoms with Gasteiger partial charge in [0.1, 0.15) is 0 Å². The molecular formula is C12H14N6O. The summed E-state index contributed by atoms with van der Waals surface area (Å²) >= 11 is 0. The van der Waals surface area contributed by atoms with Crippen LogP contribution in [0.2, 0.25) is 0 Å². The van der Waals surface area contributed by atoms with Crippen LogP contribution in [0.4, 0.5) is 0 Å². The fourth-order valence-corrected chi connectivity index (χ4v) is 1.78. The number of nitrogens with zero attached hydrogens (tertiary/aromatic N) is 5. The van der Waals surface area contributed by atoms with Crippen LogP contribution in [0.15, 0.2) is 29.3 Å². The van der Waals surface area contributed by atoms with Crippen molar-refractivity contribution in [3.63, 3.8) is 0 Å². The fourth-order valence-electron chi connectivity index (χ4n) is 1.78. The molecule has 0 aliphatic heterocycles. The molecule has 0 bridgehead atoms. The number of fused-ring (bicyclic) bond motifs is 1. The van der Waals surface area contributed by atoms with Gasteiger partial charge in [0.05, 0.1) is 29.5 Å². The molecule has 0 saturated carbocycles. The van der Waals surface area contributed by atoms with Crippen LogP contribution in [0.25, 0.3) is 17.0 Å². The highest BCUT2D eigenvalue weighted by Gasteiger charge is 2.19. The minimum atomic E-state index is -0.238. The van der Waals surface area contributed by atoms with E-state index in [1.54, 1.807) is 29.3 Å². The molecule has 1 unspecified atom stereocenters. The van der Waals surface area contributed by atoms with Gasteiger partial charge in [-0.05, 0) is 5.92 Å². The summed E-state index contributed by atoms with van der Waals surface area (Å²) in [5.41, 5.74) is 7.57. The van der Waals surface area contributed by atoms with Crippen LogP contribution in [-0.4, -0.2) is 24.7 Å². The second-order valence-electron chi connectivity index (χ2n) is 4.69. The minimum Gasteiger partial charge on any atom is -0.334 e. The Kier molecular flexibility index (Phi) is 2.75. The van der Waals surface area contributed by atoms with Gasteiger partial charge in [0.15, 0.2) is 5.82 Å². The predicted molar refractivity (Wildman–Crippen MR) is 68.0 cm³/mol.